The van der Waals surface area contributed by atoms with Gasteiger partial charge in [-0.25, -0.2) is 13.8 Å². The number of carbonyl (C=O) groups is 1. The predicted octanol–water partition coefficient (Wildman–Crippen LogP) is 5.00. The second-order valence-corrected chi connectivity index (χ2v) is 7.78. The van der Waals surface area contributed by atoms with Gasteiger partial charge in [0.15, 0.2) is 11.4 Å². The summed E-state index contributed by atoms with van der Waals surface area (Å²) in [5, 5.41) is 11.9. The molecule has 1 N–H and O–H groups in total. The van der Waals surface area contributed by atoms with Crippen molar-refractivity contribution in [1.82, 2.24) is 19.6 Å². The molecule has 0 saturated heterocycles. The van der Waals surface area contributed by atoms with Gasteiger partial charge in [-0.1, -0.05) is 12.1 Å². The minimum atomic E-state index is -0.693. The number of fused-ring (bicyclic) bond motifs is 2. The van der Waals surface area contributed by atoms with Crippen LogP contribution in [-0.2, 0) is 6.61 Å². The number of aryl methyl sites for hydroxylation is 2. The van der Waals surface area contributed by atoms with Gasteiger partial charge in [0.2, 0.25) is 0 Å². The lowest BCUT2D eigenvalue weighted by Crippen LogP contribution is -2.16. The van der Waals surface area contributed by atoms with Crippen molar-refractivity contribution in [2.24, 2.45) is 0 Å². The molecule has 9 heteroatoms. The van der Waals surface area contributed by atoms with Crippen LogP contribution in [-0.4, -0.2) is 25.5 Å². The van der Waals surface area contributed by atoms with Gasteiger partial charge in [-0.3, -0.25) is 9.20 Å². The quantitative estimate of drug-likeness (QED) is 0.400. The minimum Gasteiger partial charge on any atom is -0.485 e. The van der Waals surface area contributed by atoms with Crippen molar-refractivity contribution in [2.45, 2.75) is 20.5 Å². The van der Waals surface area contributed by atoms with Crippen LogP contribution in [0.5, 0.6) is 5.75 Å². The van der Waals surface area contributed by atoms with E-state index in [9.17, 15) is 13.6 Å². The lowest BCUT2D eigenvalue weighted by molar-refractivity contribution is 0.102. The molecular formula is C25H19F2N5O2. The van der Waals surface area contributed by atoms with Crippen LogP contribution in [0.15, 0.2) is 60.8 Å². The Labute approximate surface area is 193 Å². The highest BCUT2D eigenvalue weighted by molar-refractivity contribution is 6.08. The number of benzene rings is 2. The zero-order chi connectivity index (χ0) is 23.8. The fourth-order valence-electron chi connectivity index (χ4n) is 3.82. The fraction of sp³-hybridized carbons (Fsp3) is 0.120. The number of amides is 1. The average Bonchev–Trinajstić information content (AvgIpc) is 3.15. The van der Waals surface area contributed by atoms with Crippen LogP contribution < -0.4 is 10.1 Å². The predicted molar refractivity (Wildman–Crippen MR) is 123 cm³/mol. The third-order valence-corrected chi connectivity index (χ3v) is 5.44. The van der Waals surface area contributed by atoms with E-state index in [1.165, 1.54) is 18.2 Å². The highest BCUT2D eigenvalue weighted by atomic mass is 19.1. The maximum atomic E-state index is 14.0. The number of aromatic nitrogens is 4. The van der Waals surface area contributed by atoms with Crippen LogP contribution in [0.2, 0.25) is 0 Å². The van der Waals surface area contributed by atoms with Gasteiger partial charge in [0.05, 0.1) is 28.2 Å². The van der Waals surface area contributed by atoms with Gasteiger partial charge in [-0.05, 0) is 56.3 Å². The third kappa shape index (κ3) is 3.81. The van der Waals surface area contributed by atoms with E-state index in [0.717, 1.165) is 11.1 Å². The van der Waals surface area contributed by atoms with Crippen molar-refractivity contribution >= 4 is 28.1 Å². The number of hydrogen-bond donors (Lipinski definition) is 1. The first-order valence-corrected chi connectivity index (χ1v) is 10.5. The van der Waals surface area contributed by atoms with Crippen molar-refractivity contribution < 1.29 is 18.3 Å². The lowest BCUT2D eigenvalue weighted by atomic mass is 10.1. The second kappa shape index (κ2) is 8.51. The average molecular weight is 459 g/mol. The summed E-state index contributed by atoms with van der Waals surface area (Å²) >= 11 is 0. The molecule has 0 radical (unpaired) electrons. The molecule has 0 unspecified atom stereocenters. The highest BCUT2D eigenvalue weighted by Gasteiger charge is 2.20. The molecule has 2 aromatic carbocycles. The summed E-state index contributed by atoms with van der Waals surface area (Å²) < 4.78 is 35.2. The number of hydrogen-bond acceptors (Lipinski definition) is 5. The summed E-state index contributed by atoms with van der Waals surface area (Å²) in [6.45, 7) is 3.22. The number of nitrogens with one attached hydrogen (secondary N) is 1. The van der Waals surface area contributed by atoms with Gasteiger partial charge in [-0.2, -0.15) is 10.2 Å². The van der Waals surface area contributed by atoms with Crippen LogP contribution in [0, 0.1) is 25.5 Å². The van der Waals surface area contributed by atoms with E-state index in [1.807, 2.05) is 19.1 Å². The Morgan fingerprint density at radius 1 is 1.03 bits per heavy atom. The number of nitrogens with zero attached hydrogens (tertiary/aromatic N) is 4. The molecule has 0 fully saturated rings. The molecular weight excluding hydrogens is 440 g/mol. The van der Waals surface area contributed by atoms with Crippen molar-refractivity contribution in [1.29, 1.82) is 0 Å². The van der Waals surface area contributed by atoms with Crippen LogP contribution >= 0.6 is 0 Å². The third-order valence-electron chi connectivity index (χ3n) is 5.44. The Hall–Kier alpha value is -4.40. The maximum absolute atomic E-state index is 14.0. The Morgan fingerprint density at radius 2 is 1.79 bits per heavy atom. The van der Waals surface area contributed by atoms with Crippen LogP contribution in [0.4, 0.5) is 14.5 Å². The summed E-state index contributed by atoms with van der Waals surface area (Å²) in [5.74, 6) is -1.46. The molecule has 3 heterocycles. The first-order chi connectivity index (χ1) is 16.4. The van der Waals surface area contributed by atoms with E-state index in [0.29, 0.717) is 34.0 Å². The van der Waals surface area contributed by atoms with Gasteiger partial charge < -0.3 is 10.1 Å². The van der Waals surface area contributed by atoms with Crippen molar-refractivity contribution in [3.63, 3.8) is 0 Å². The minimum absolute atomic E-state index is 0.180. The number of halogens is 2. The molecule has 1 amide bonds. The van der Waals surface area contributed by atoms with E-state index < -0.39 is 11.6 Å². The molecule has 3 aromatic heterocycles. The van der Waals surface area contributed by atoms with Gasteiger partial charge in [0.25, 0.3) is 5.91 Å². The first kappa shape index (κ1) is 21.4. The molecule has 7 nitrogen and oxygen atoms in total. The molecule has 0 saturated carbocycles. The monoisotopic (exact) mass is 459 g/mol. The van der Waals surface area contributed by atoms with Crippen molar-refractivity contribution in [2.75, 3.05) is 5.32 Å². The van der Waals surface area contributed by atoms with Crippen LogP contribution in [0.3, 0.4) is 0 Å². The topological polar surface area (TPSA) is 81.4 Å². The lowest BCUT2D eigenvalue weighted by Gasteiger charge is -2.11. The number of pyridine rings is 1. The van der Waals surface area contributed by atoms with E-state index in [4.69, 9.17) is 4.74 Å². The summed E-state index contributed by atoms with van der Waals surface area (Å²) in [7, 11) is 0. The summed E-state index contributed by atoms with van der Waals surface area (Å²) in [5.41, 5.74) is 2.96. The van der Waals surface area contributed by atoms with Gasteiger partial charge in [0, 0.05) is 11.6 Å². The normalized spacial score (nSPS) is 11.2. The van der Waals surface area contributed by atoms with Crippen LogP contribution in [0.1, 0.15) is 27.4 Å². The Kier molecular flexibility index (Phi) is 5.37. The fourth-order valence-corrected chi connectivity index (χ4v) is 3.82. The standard InChI is InChI=1S/C25H19F2N5O2/c1-14-12-16-20(8-4-9-21(16)31-30-14)29-25(33)23-15(2)28-24-22(10-5-11-32(23)24)34-13-17-18(26)6-3-7-19(17)27/h3-12H,13H2,1-2H3,(H,29,33). The number of imidazole rings is 1. The Bertz CT molecular complexity index is 1540. The van der Waals surface area contributed by atoms with E-state index >= 15 is 0 Å². The van der Waals surface area contributed by atoms with Gasteiger partial charge in [-0.15, -0.1) is 0 Å². The smallest absolute Gasteiger partial charge is 0.274 e. The maximum Gasteiger partial charge on any atom is 0.274 e. The Morgan fingerprint density at radius 3 is 2.59 bits per heavy atom. The van der Waals surface area contributed by atoms with E-state index in [2.05, 4.69) is 20.5 Å². The molecule has 0 bridgehead atoms. The summed E-state index contributed by atoms with van der Waals surface area (Å²) in [6, 6.07) is 14.2. The van der Waals surface area contributed by atoms with Crippen molar-refractivity contribution in [3.05, 3.63) is 95.1 Å². The number of rotatable bonds is 5. The molecule has 0 aliphatic carbocycles. The number of anilines is 1. The summed E-state index contributed by atoms with van der Waals surface area (Å²) in [4.78, 5) is 17.7. The van der Waals surface area contributed by atoms with E-state index in [-0.39, 0.29) is 18.1 Å². The molecule has 0 aliphatic heterocycles. The zero-order valence-electron chi connectivity index (χ0n) is 18.3. The highest BCUT2D eigenvalue weighted by Crippen LogP contribution is 2.26. The molecule has 5 aromatic rings. The second-order valence-electron chi connectivity index (χ2n) is 7.78. The molecule has 0 atom stereocenters. The van der Waals surface area contributed by atoms with Crippen molar-refractivity contribution in [3.8, 4) is 5.75 Å². The Balaban J connectivity index is 1.48. The van der Waals surface area contributed by atoms with Crippen LogP contribution in [0.25, 0.3) is 16.6 Å². The first-order valence-electron chi connectivity index (χ1n) is 10.5. The SMILES string of the molecule is Cc1cc2c(NC(=O)c3c(C)nc4c(OCc5c(F)cccc5F)cccn34)cccc2nn1. The van der Waals surface area contributed by atoms with E-state index in [1.54, 1.807) is 41.8 Å². The molecule has 170 valence electrons. The zero-order valence-corrected chi connectivity index (χ0v) is 18.3. The largest absolute Gasteiger partial charge is 0.485 e. The van der Waals surface area contributed by atoms with Gasteiger partial charge in [0.1, 0.15) is 23.9 Å². The molecule has 34 heavy (non-hydrogen) atoms. The summed E-state index contributed by atoms with van der Waals surface area (Å²) in [6.07, 6.45) is 1.68. The molecule has 0 spiro atoms. The number of carbonyl (C=O) groups excluding carboxylic acids is 1. The number of ether oxygens (including phenoxy) is 1. The van der Waals surface area contributed by atoms with Gasteiger partial charge >= 0.3 is 0 Å². The molecule has 5 rings (SSSR count). The molecule has 0 aliphatic rings.